The highest BCUT2D eigenvalue weighted by atomic mass is 32.2. The van der Waals surface area contributed by atoms with Crippen LogP contribution >= 0.6 is 11.8 Å². The zero-order valence-corrected chi connectivity index (χ0v) is 28.0. The second-order valence-electron chi connectivity index (χ2n) is 12.3. The molecular weight excluding hydrogens is 627 g/mol. The zero-order chi connectivity index (χ0) is 33.5. The van der Waals surface area contributed by atoms with Crippen LogP contribution in [0, 0.1) is 11.8 Å². The maximum Gasteiger partial charge on any atom is 0.338 e. The summed E-state index contributed by atoms with van der Waals surface area (Å²) < 4.78 is 6.73. The minimum Gasteiger partial charge on any atom is -0.462 e. The number of ether oxygens (including phenoxy) is 1. The van der Waals surface area contributed by atoms with Crippen LogP contribution in [0.4, 0.5) is 11.4 Å². The molecule has 1 saturated carbocycles. The minimum absolute atomic E-state index is 0.0138. The number of nitrogens with zero attached hydrogens (tertiary/aromatic N) is 4. The van der Waals surface area contributed by atoms with Gasteiger partial charge < -0.3 is 19.9 Å². The Morgan fingerprint density at radius 1 is 0.875 bits per heavy atom. The number of rotatable bonds is 10. The van der Waals surface area contributed by atoms with E-state index in [0.717, 1.165) is 51.9 Å². The third-order valence-electron chi connectivity index (χ3n) is 9.19. The Balaban J connectivity index is 1.06. The van der Waals surface area contributed by atoms with Crippen molar-refractivity contribution in [1.82, 2.24) is 14.5 Å². The SMILES string of the molecule is CCOC(=O)c1ccc(NC(=O)CSc2nc3ccccc3c(=O)n2CC2CCC(C(=O)N3CCN(c4ccccc4)CC3)CC2)cc1. The lowest BCUT2D eigenvalue weighted by Gasteiger charge is -2.39. The van der Waals surface area contributed by atoms with Gasteiger partial charge in [-0.1, -0.05) is 42.1 Å². The van der Waals surface area contributed by atoms with Crippen LogP contribution in [0.3, 0.4) is 0 Å². The molecule has 0 atom stereocenters. The van der Waals surface area contributed by atoms with Gasteiger partial charge >= 0.3 is 5.97 Å². The van der Waals surface area contributed by atoms with Crippen LogP contribution in [0.5, 0.6) is 0 Å². The number of benzene rings is 3. The molecule has 0 bridgehead atoms. The molecular formula is C37H41N5O5S. The maximum atomic E-state index is 13.7. The van der Waals surface area contributed by atoms with E-state index in [1.165, 1.54) is 17.4 Å². The van der Waals surface area contributed by atoms with Crippen LogP contribution in [0.25, 0.3) is 10.9 Å². The summed E-state index contributed by atoms with van der Waals surface area (Å²) in [6.45, 7) is 5.67. The van der Waals surface area contributed by atoms with Crippen molar-refractivity contribution in [2.45, 2.75) is 44.3 Å². The number of fused-ring (bicyclic) bond motifs is 1. The maximum absolute atomic E-state index is 13.7. The Bertz CT molecular complexity index is 1800. The highest BCUT2D eigenvalue weighted by Crippen LogP contribution is 2.32. The third kappa shape index (κ3) is 7.90. The van der Waals surface area contributed by atoms with E-state index < -0.39 is 5.97 Å². The molecule has 1 N–H and O–H groups in total. The van der Waals surface area contributed by atoms with Crippen LogP contribution in [0.15, 0.2) is 88.8 Å². The first-order valence-corrected chi connectivity index (χ1v) is 17.7. The predicted molar refractivity (Wildman–Crippen MR) is 188 cm³/mol. The molecule has 1 aromatic heterocycles. The topological polar surface area (TPSA) is 114 Å². The van der Waals surface area contributed by atoms with Gasteiger partial charge in [-0.2, -0.15) is 0 Å². The van der Waals surface area contributed by atoms with Gasteiger partial charge in [-0.15, -0.1) is 0 Å². The number of hydrogen-bond donors (Lipinski definition) is 1. The number of hydrogen-bond acceptors (Lipinski definition) is 8. The Hall–Kier alpha value is -4.64. The van der Waals surface area contributed by atoms with Gasteiger partial charge in [-0.3, -0.25) is 19.0 Å². The predicted octanol–water partition coefficient (Wildman–Crippen LogP) is 5.46. The molecule has 1 aliphatic carbocycles. The first kappa shape index (κ1) is 33.3. The first-order valence-electron chi connectivity index (χ1n) is 16.7. The number of nitrogens with one attached hydrogen (secondary N) is 1. The standard InChI is InChI=1S/C37H41N5O5S/c1-2-47-36(46)28-16-18-29(19-17-28)38-33(43)25-48-37-39-32-11-7-6-10-31(32)35(45)42(37)24-26-12-14-27(15-13-26)34(44)41-22-20-40(21-23-41)30-8-4-3-5-9-30/h3-11,16-19,26-27H,2,12-15,20-25H2,1H3,(H,38,43). The summed E-state index contributed by atoms with van der Waals surface area (Å²) in [7, 11) is 0. The second kappa shape index (κ2) is 15.5. The van der Waals surface area contributed by atoms with Gasteiger partial charge in [0.15, 0.2) is 5.16 Å². The summed E-state index contributed by atoms with van der Waals surface area (Å²) >= 11 is 1.23. The average Bonchev–Trinajstić information content (AvgIpc) is 3.13. The minimum atomic E-state index is -0.413. The van der Waals surface area contributed by atoms with E-state index in [2.05, 4.69) is 22.3 Å². The lowest BCUT2D eigenvalue weighted by molar-refractivity contribution is -0.137. The summed E-state index contributed by atoms with van der Waals surface area (Å²) in [6, 6.07) is 24.1. The molecule has 2 heterocycles. The lowest BCUT2D eigenvalue weighted by Crippen LogP contribution is -2.50. The number of anilines is 2. The van der Waals surface area contributed by atoms with Gasteiger partial charge in [0.1, 0.15) is 0 Å². The van der Waals surface area contributed by atoms with Gasteiger partial charge in [0.05, 0.1) is 28.8 Å². The van der Waals surface area contributed by atoms with Crippen LogP contribution in [-0.4, -0.2) is 70.8 Å². The molecule has 2 fully saturated rings. The van der Waals surface area contributed by atoms with E-state index in [-0.39, 0.29) is 41.6 Å². The van der Waals surface area contributed by atoms with Crippen LogP contribution in [0.2, 0.25) is 0 Å². The quantitative estimate of drug-likeness (QED) is 0.135. The number of amides is 2. The average molecular weight is 668 g/mol. The van der Waals surface area contributed by atoms with Crippen molar-refractivity contribution >= 4 is 51.8 Å². The third-order valence-corrected chi connectivity index (χ3v) is 10.2. The molecule has 4 aromatic rings. The normalized spacial score (nSPS) is 18.0. The highest BCUT2D eigenvalue weighted by Gasteiger charge is 2.32. The van der Waals surface area contributed by atoms with Gasteiger partial charge in [-0.25, -0.2) is 9.78 Å². The van der Waals surface area contributed by atoms with E-state index in [1.54, 1.807) is 41.8 Å². The van der Waals surface area contributed by atoms with Gasteiger partial charge in [0.2, 0.25) is 11.8 Å². The molecule has 10 nitrogen and oxygen atoms in total. The van der Waals surface area contributed by atoms with Crippen molar-refractivity contribution in [2.75, 3.05) is 48.8 Å². The summed E-state index contributed by atoms with van der Waals surface area (Å²) in [5.74, 6) is -0.104. The van der Waals surface area contributed by atoms with Gasteiger partial charge in [0, 0.05) is 50.0 Å². The van der Waals surface area contributed by atoms with Gasteiger partial charge in [0.25, 0.3) is 5.56 Å². The Labute approximate surface area is 284 Å². The molecule has 3 aromatic carbocycles. The summed E-state index contributed by atoms with van der Waals surface area (Å²) in [5.41, 5.74) is 2.64. The Morgan fingerprint density at radius 2 is 1.56 bits per heavy atom. The molecule has 2 amide bonds. The first-order chi connectivity index (χ1) is 23.4. The van der Waals surface area contributed by atoms with E-state index >= 15 is 0 Å². The number of para-hydroxylation sites is 2. The van der Waals surface area contributed by atoms with Crippen molar-refractivity contribution in [3.63, 3.8) is 0 Å². The second-order valence-corrected chi connectivity index (χ2v) is 13.3. The zero-order valence-electron chi connectivity index (χ0n) is 27.2. The van der Waals surface area contributed by atoms with Crippen molar-refractivity contribution in [1.29, 1.82) is 0 Å². The van der Waals surface area contributed by atoms with Crippen molar-refractivity contribution in [3.8, 4) is 0 Å². The smallest absolute Gasteiger partial charge is 0.338 e. The van der Waals surface area contributed by atoms with Crippen molar-refractivity contribution in [2.24, 2.45) is 11.8 Å². The van der Waals surface area contributed by atoms with Crippen LogP contribution in [0.1, 0.15) is 43.0 Å². The van der Waals surface area contributed by atoms with Crippen molar-refractivity contribution in [3.05, 3.63) is 94.8 Å². The number of thioether (sulfide) groups is 1. The summed E-state index contributed by atoms with van der Waals surface area (Å²) in [5, 5.41) is 3.90. The molecule has 0 spiro atoms. The van der Waals surface area contributed by atoms with E-state index in [0.29, 0.717) is 33.9 Å². The molecule has 6 rings (SSSR count). The van der Waals surface area contributed by atoms with E-state index in [4.69, 9.17) is 9.72 Å². The molecule has 0 radical (unpaired) electrons. The number of carbonyl (C=O) groups is 3. The molecule has 2 aliphatic rings. The van der Waals surface area contributed by atoms with E-state index in [1.807, 2.05) is 41.3 Å². The molecule has 0 unspecified atom stereocenters. The van der Waals surface area contributed by atoms with Crippen LogP contribution < -0.4 is 15.8 Å². The highest BCUT2D eigenvalue weighted by molar-refractivity contribution is 7.99. The number of aromatic nitrogens is 2. The Kier molecular flexibility index (Phi) is 10.7. The van der Waals surface area contributed by atoms with Crippen LogP contribution in [-0.2, 0) is 20.9 Å². The van der Waals surface area contributed by atoms with Gasteiger partial charge in [-0.05, 0) is 87.1 Å². The Morgan fingerprint density at radius 3 is 2.27 bits per heavy atom. The summed E-state index contributed by atoms with van der Waals surface area (Å²) in [6.07, 6.45) is 3.31. The fourth-order valence-corrected chi connectivity index (χ4v) is 7.39. The number of piperazine rings is 1. The molecule has 1 aliphatic heterocycles. The molecule has 11 heteroatoms. The largest absolute Gasteiger partial charge is 0.462 e. The lowest BCUT2D eigenvalue weighted by atomic mass is 9.81. The molecule has 1 saturated heterocycles. The molecule has 250 valence electrons. The number of esters is 1. The van der Waals surface area contributed by atoms with Crippen molar-refractivity contribution < 1.29 is 19.1 Å². The fourth-order valence-electron chi connectivity index (χ4n) is 6.58. The van der Waals surface area contributed by atoms with E-state index in [9.17, 15) is 19.2 Å². The fraction of sp³-hybridized carbons (Fsp3) is 0.378. The number of carbonyl (C=O) groups excluding carboxylic acids is 3. The molecule has 48 heavy (non-hydrogen) atoms. The monoisotopic (exact) mass is 667 g/mol. The summed E-state index contributed by atoms with van der Waals surface area (Å²) in [4.78, 5) is 61.1.